The van der Waals surface area contributed by atoms with Crippen LogP contribution in [0.5, 0.6) is 0 Å². The van der Waals surface area contributed by atoms with Crippen molar-refractivity contribution in [3.05, 3.63) is 144 Å². The van der Waals surface area contributed by atoms with E-state index in [2.05, 4.69) is 46.6 Å². The summed E-state index contributed by atoms with van der Waals surface area (Å²) < 4.78 is 0. The van der Waals surface area contributed by atoms with E-state index in [9.17, 15) is 0 Å². The molecule has 17 heteroatoms. The van der Waals surface area contributed by atoms with Crippen molar-refractivity contribution >= 4 is 93.0 Å². The fourth-order valence-electron chi connectivity index (χ4n) is 7.82. The maximum Gasteiger partial charge on any atom is 0.343 e. The van der Waals surface area contributed by atoms with Crippen LogP contribution in [0, 0.1) is 16.2 Å². The van der Waals surface area contributed by atoms with Gasteiger partial charge in [0.15, 0.2) is 5.96 Å². The number of nitrogens with two attached hydrogens (primary N) is 3. The second-order valence-corrected chi connectivity index (χ2v) is 15.7. The summed E-state index contributed by atoms with van der Waals surface area (Å²) in [7, 11) is 0. The molecule has 0 saturated heterocycles. The largest absolute Gasteiger partial charge is 0.657 e. The zero-order valence-corrected chi connectivity index (χ0v) is 39.5. The molecule has 0 aliphatic carbocycles. The van der Waals surface area contributed by atoms with Crippen molar-refractivity contribution < 1.29 is 39.3 Å². The Labute approximate surface area is 408 Å². The fourth-order valence-corrected chi connectivity index (χ4v) is 7.82. The first kappa shape index (κ1) is 47.6. The van der Waals surface area contributed by atoms with Crippen molar-refractivity contribution in [2.24, 2.45) is 11.5 Å². The minimum absolute atomic E-state index is 0. The first-order valence-electron chi connectivity index (χ1n) is 21.5. The summed E-state index contributed by atoms with van der Waals surface area (Å²) in [6.07, 6.45) is 9.22. The van der Waals surface area contributed by atoms with Gasteiger partial charge < -0.3 is 21.0 Å². The van der Waals surface area contributed by atoms with Gasteiger partial charge in [0, 0.05) is 39.4 Å². The van der Waals surface area contributed by atoms with Crippen LogP contribution in [0.1, 0.15) is 43.0 Å². The number of fused-ring (bicyclic) bond motifs is 8. The van der Waals surface area contributed by atoms with E-state index in [1.807, 2.05) is 146 Å². The third-order valence-corrected chi connectivity index (χ3v) is 10.5. The Morgan fingerprint density at radius 2 is 0.721 bits per heavy atom. The van der Waals surface area contributed by atoms with E-state index >= 15 is 0 Å². The van der Waals surface area contributed by atoms with Crippen molar-refractivity contribution in [2.75, 3.05) is 21.3 Å². The van der Waals surface area contributed by atoms with Gasteiger partial charge >= 0.3 is 5.96 Å². The molecule has 7 aromatic rings. The van der Waals surface area contributed by atoms with E-state index in [4.69, 9.17) is 53.0 Å². The Kier molecular flexibility index (Phi) is 14.6. The molecule has 68 heavy (non-hydrogen) atoms. The molecule has 3 aromatic heterocycles. The normalized spacial score (nSPS) is 11.1. The number of nitrogens with one attached hydrogen (secondary N) is 7. The minimum atomic E-state index is -0.164. The molecule has 0 saturated carbocycles. The standard InChI is InChI=1S/C48H40N16.C3H8.Au/c49-45(50)57-29-9-1-25(2-10-29)41-33-17-19-35(61-33)42(26-3-11-30(12-4-26)58-46(51)52)37-21-23-39(63-37)44(28-7-15-32(16-8-28)60-48(55)56)40-24-22-38(64-40)43(36-20-18-34(41)62-36)27-5-13-31(14-6-27)59-47(53)54;1-3-2;/h1-24H,(H4,49,50,57)(H4,51,52,58)(H4,53,54,59)(H4,55,56,60);3H2,1-2H3;/q-2;;/p+3. The smallest absolute Gasteiger partial charge is 0.343 e. The number of anilines is 4. The van der Waals surface area contributed by atoms with Crippen LogP contribution >= 0.6 is 0 Å². The molecular formula is C51H51AuN16+. The number of benzene rings is 4. The summed E-state index contributed by atoms with van der Waals surface area (Å²) in [6, 6.07) is 38.9. The van der Waals surface area contributed by atoms with E-state index < -0.39 is 0 Å². The van der Waals surface area contributed by atoms with Crippen LogP contribution in [0.4, 0.5) is 22.7 Å². The summed E-state index contributed by atoms with van der Waals surface area (Å²) in [5.41, 5.74) is 33.8. The van der Waals surface area contributed by atoms with Crippen LogP contribution in [-0.2, 0) is 22.4 Å². The zero-order valence-electron chi connectivity index (χ0n) is 37.3. The molecule has 8 bridgehead atoms. The van der Waals surface area contributed by atoms with Gasteiger partial charge in [-0.2, -0.15) is 0 Å². The molecule has 0 spiro atoms. The van der Waals surface area contributed by atoms with Gasteiger partial charge in [-0.05, 0) is 117 Å². The van der Waals surface area contributed by atoms with Crippen LogP contribution in [0.15, 0.2) is 121 Å². The number of hydrogen-bond acceptors (Lipinski definition) is 5. The molecule has 4 aromatic carbocycles. The van der Waals surface area contributed by atoms with Crippen LogP contribution in [0.2, 0.25) is 0 Å². The molecule has 19 N–H and O–H groups in total. The van der Waals surface area contributed by atoms with Crippen LogP contribution in [0.25, 0.3) is 90.9 Å². The third kappa shape index (κ3) is 10.7. The van der Waals surface area contributed by atoms with Gasteiger partial charge in [0.25, 0.3) is 11.9 Å². The maximum atomic E-state index is 7.86. The minimum Gasteiger partial charge on any atom is -0.657 e. The monoisotopic (exact) mass is 1080 g/mol. The van der Waals surface area contributed by atoms with E-state index in [-0.39, 0.29) is 46.2 Å². The van der Waals surface area contributed by atoms with Gasteiger partial charge in [0.2, 0.25) is 0 Å². The van der Waals surface area contributed by atoms with E-state index in [0.717, 1.165) is 61.6 Å². The van der Waals surface area contributed by atoms with Crippen LogP contribution in [0.3, 0.4) is 0 Å². The summed E-state index contributed by atoms with van der Waals surface area (Å²) in [5, 5.41) is 41.0. The van der Waals surface area contributed by atoms with Crippen LogP contribution in [-0.4, -0.2) is 33.8 Å². The predicted molar refractivity (Wildman–Crippen MR) is 273 cm³/mol. The van der Waals surface area contributed by atoms with E-state index in [1.54, 1.807) is 0 Å². The molecule has 16 nitrogen and oxygen atoms in total. The maximum absolute atomic E-state index is 7.86. The SMILES string of the molecule is CCC.N=C(N)Nc1ccc(-c2c3nc(c(-c4ccc(NC(=N)[NH3+])cc4)c4ccc([n-]4)c(-c4ccc(NC(=N)[NH3+])cc4)c4nc(c(-c5ccc(NC(N)=[NH2+])cc5)c5ccc2[n-]5)C=C4)C=C3)cc1.[Au]. The molecule has 0 unspecified atom stereocenters. The van der Waals surface area contributed by atoms with Crippen molar-refractivity contribution in [1.29, 1.82) is 16.2 Å². The zero-order chi connectivity index (χ0) is 47.2. The molecule has 2 aliphatic heterocycles. The average molecular weight is 1090 g/mol. The molecule has 0 atom stereocenters. The summed E-state index contributed by atoms with van der Waals surface area (Å²) in [6.45, 7) is 4.25. The topological polar surface area (TPSA) is 307 Å². The van der Waals surface area contributed by atoms with Gasteiger partial charge in [-0.1, -0.05) is 93.1 Å². The molecule has 5 heterocycles. The van der Waals surface area contributed by atoms with Gasteiger partial charge in [-0.25, -0.2) is 26.1 Å². The number of quaternary nitrogens is 2. The van der Waals surface area contributed by atoms with Crippen molar-refractivity contribution in [2.45, 2.75) is 20.3 Å². The second kappa shape index (κ2) is 20.8. The third-order valence-electron chi connectivity index (χ3n) is 10.5. The van der Waals surface area contributed by atoms with Crippen molar-refractivity contribution in [3.63, 3.8) is 0 Å². The fraction of sp³-hybridized carbons (Fsp3) is 0.0588. The van der Waals surface area contributed by atoms with Gasteiger partial charge in [0.1, 0.15) is 0 Å². The predicted octanol–water partition coefficient (Wildman–Crippen LogP) is 5.96. The van der Waals surface area contributed by atoms with Gasteiger partial charge in [-0.3, -0.25) is 38.7 Å². The van der Waals surface area contributed by atoms with Crippen molar-refractivity contribution in [3.8, 4) is 44.5 Å². The Bertz CT molecular complexity index is 2850. The second-order valence-electron chi connectivity index (χ2n) is 15.7. The number of hydrogen-bond donors (Lipinski definition) is 12. The molecular weight excluding hydrogens is 1030 g/mol. The Morgan fingerprint density at radius 1 is 0.471 bits per heavy atom. The number of guanidine groups is 4. The van der Waals surface area contributed by atoms with Gasteiger partial charge in [0.05, 0.1) is 28.5 Å². The molecule has 2 aliphatic rings. The van der Waals surface area contributed by atoms with Crippen molar-refractivity contribution in [1.82, 2.24) is 19.9 Å². The Balaban J connectivity index is 0.00000167. The number of aromatic nitrogens is 4. The Morgan fingerprint density at radius 3 is 0.956 bits per heavy atom. The average Bonchev–Trinajstić information content (AvgIpc) is 4.14. The molecule has 9 rings (SSSR count). The molecule has 345 valence electrons. The summed E-state index contributed by atoms with van der Waals surface area (Å²) in [4.78, 5) is 21.3. The molecule has 0 amide bonds. The van der Waals surface area contributed by atoms with Crippen LogP contribution < -0.4 is 59.6 Å². The number of nitrogens with zero attached hydrogens (tertiary/aromatic N) is 4. The molecule has 1 radical (unpaired) electrons. The van der Waals surface area contributed by atoms with E-state index in [0.29, 0.717) is 50.5 Å². The molecule has 0 fully saturated rings. The quantitative estimate of drug-likeness (QED) is 0.0481. The summed E-state index contributed by atoms with van der Waals surface area (Å²) >= 11 is 0. The number of rotatable bonds is 8. The first-order valence-corrected chi connectivity index (χ1v) is 21.5. The summed E-state index contributed by atoms with van der Waals surface area (Å²) in [5.74, 6) is 0.0869. The Hall–Kier alpha value is -8.38. The first-order chi connectivity index (χ1) is 32.4. The van der Waals surface area contributed by atoms with E-state index in [1.165, 1.54) is 6.42 Å². The van der Waals surface area contributed by atoms with Gasteiger partial charge in [-0.15, -0.1) is 22.1 Å².